The highest BCUT2D eigenvalue weighted by Gasteiger charge is 2.01. The molecule has 80 valence electrons. The lowest BCUT2D eigenvalue weighted by molar-refractivity contribution is 1.46. The Bertz CT molecular complexity index is 377. The maximum Gasteiger partial charge on any atom is 0.138 e. The first-order chi connectivity index (χ1) is 7.09. The molecule has 0 atom stereocenters. The summed E-state index contributed by atoms with van der Waals surface area (Å²) in [6.45, 7) is 5.65. The fourth-order valence-electron chi connectivity index (χ4n) is 1.00. The molecule has 1 nitrogen and oxygen atoms in total. The molecule has 1 aromatic rings. The molecule has 1 rings (SSSR count). The Kier molecular flexibility index (Phi) is 5.15. The first-order valence-electron chi connectivity index (χ1n) is 4.42. The number of nitrogens with one attached hydrogen (secondary N) is 1. The molecular weight excluding hydrogens is 246 g/mol. The number of thioether (sulfide) groups is 1. The molecule has 0 unspecified atom stereocenters. The molecule has 0 aliphatic heterocycles. The Morgan fingerprint density at radius 1 is 1.53 bits per heavy atom. The van der Waals surface area contributed by atoms with Crippen LogP contribution in [0.15, 0.2) is 35.9 Å². The van der Waals surface area contributed by atoms with Crippen LogP contribution >= 0.6 is 35.6 Å². The number of aryl methyl sites for hydroxylation is 1. The lowest BCUT2D eigenvalue weighted by atomic mass is 10.2. The minimum absolute atomic E-state index is 0.605. The van der Waals surface area contributed by atoms with E-state index in [4.69, 9.17) is 23.8 Å². The number of para-hydroxylation sites is 1. The Morgan fingerprint density at radius 2 is 2.20 bits per heavy atom. The van der Waals surface area contributed by atoms with Crippen LogP contribution in [0.5, 0.6) is 0 Å². The van der Waals surface area contributed by atoms with E-state index in [9.17, 15) is 0 Å². The van der Waals surface area contributed by atoms with Crippen LogP contribution in [-0.4, -0.2) is 10.1 Å². The number of benzene rings is 1. The van der Waals surface area contributed by atoms with Gasteiger partial charge in [-0.25, -0.2) is 0 Å². The summed E-state index contributed by atoms with van der Waals surface area (Å²) in [7, 11) is 0. The summed E-state index contributed by atoms with van der Waals surface area (Å²) in [6.07, 6.45) is 0. The second-order valence-electron chi connectivity index (χ2n) is 3.03. The first kappa shape index (κ1) is 12.6. The van der Waals surface area contributed by atoms with Gasteiger partial charge in [0.2, 0.25) is 0 Å². The van der Waals surface area contributed by atoms with Gasteiger partial charge < -0.3 is 5.32 Å². The van der Waals surface area contributed by atoms with Gasteiger partial charge in [0.1, 0.15) is 4.32 Å². The Hall–Kier alpha value is -0.510. The second-order valence-corrected chi connectivity index (χ2v) is 5.22. The number of hydrogen-bond donors (Lipinski definition) is 1. The van der Waals surface area contributed by atoms with Crippen molar-refractivity contribution in [3.63, 3.8) is 0 Å². The van der Waals surface area contributed by atoms with Gasteiger partial charge in [-0.3, -0.25) is 0 Å². The first-order valence-corrected chi connectivity index (χ1v) is 6.19. The van der Waals surface area contributed by atoms with Gasteiger partial charge in [-0.15, -0.1) is 0 Å². The largest absolute Gasteiger partial charge is 0.341 e. The van der Waals surface area contributed by atoms with Gasteiger partial charge in [-0.2, -0.15) is 0 Å². The van der Waals surface area contributed by atoms with Crippen molar-refractivity contribution in [1.82, 2.24) is 0 Å². The third-order valence-electron chi connectivity index (χ3n) is 1.74. The molecule has 4 heteroatoms. The Labute approximate surface area is 105 Å². The number of anilines is 1. The normalized spacial score (nSPS) is 9.73. The quantitative estimate of drug-likeness (QED) is 0.816. The van der Waals surface area contributed by atoms with Crippen molar-refractivity contribution >= 4 is 45.6 Å². The summed E-state index contributed by atoms with van der Waals surface area (Å²) in [5.41, 5.74) is 2.21. The number of halogens is 1. The molecule has 15 heavy (non-hydrogen) atoms. The molecule has 0 bridgehead atoms. The number of thiocarbonyl (C=S) groups is 1. The van der Waals surface area contributed by atoms with Crippen LogP contribution in [0.4, 0.5) is 5.69 Å². The number of rotatable bonds is 3. The number of hydrogen-bond acceptors (Lipinski definition) is 2. The van der Waals surface area contributed by atoms with E-state index in [-0.39, 0.29) is 0 Å². The van der Waals surface area contributed by atoms with Crippen molar-refractivity contribution in [3.8, 4) is 0 Å². The molecule has 0 heterocycles. The van der Waals surface area contributed by atoms with Gasteiger partial charge in [0.25, 0.3) is 0 Å². The Morgan fingerprint density at radius 3 is 2.80 bits per heavy atom. The molecule has 0 aliphatic carbocycles. The van der Waals surface area contributed by atoms with Crippen LogP contribution in [0.2, 0.25) is 0 Å². The molecule has 0 aliphatic rings. The minimum Gasteiger partial charge on any atom is -0.341 e. The molecule has 0 aromatic heterocycles. The SMILES string of the molecule is C=C(Cl)CSC(=S)Nc1ccccc1C. The fourth-order valence-corrected chi connectivity index (χ4v) is 1.92. The van der Waals surface area contributed by atoms with E-state index in [1.165, 1.54) is 17.3 Å². The van der Waals surface area contributed by atoms with Crippen LogP contribution in [0, 0.1) is 6.92 Å². The highest BCUT2D eigenvalue weighted by Crippen LogP contribution is 2.18. The second kappa shape index (κ2) is 6.16. The van der Waals surface area contributed by atoms with Crippen LogP contribution in [0.25, 0.3) is 0 Å². The molecule has 0 spiro atoms. The third-order valence-corrected chi connectivity index (χ3v) is 3.35. The molecular formula is C11H12ClNS2. The predicted octanol–water partition coefficient (Wildman–Crippen LogP) is 4.18. The van der Waals surface area contributed by atoms with Crippen LogP contribution in [0.1, 0.15) is 5.56 Å². The maximum atomic E-state index is 5.65. The van der Waals surface area contributed by atoms with Crippen molar-refractivity contribution in [1.29, 1.82) is 0 Å². The topological polar surface area (TPSA) is 12.0 Å². The van der Waals surface area contributed by atoms with Gasteiger partial charge in [0.15, 0.2) is 0 Å². The highest BCUT2D eigenvalue weighted by atomic mass is 35.5. The van der Waals surface area contributed by atoms with Crippen LogP contribution < -0.4 is 5.32 Å². The molecule has 0 saturated carbocycles. The summed E-state index contributed by atoms with van der Waals surface area (Å²) in [6, 6.07) is 8.01. The van der Waals surface area contributed by atoms with Gasteiger partial charge in [-0.05, 0) is 18.6 Å². The molecule has 1 aromatic carbocycles. The summed E-state index contributed by atoms with van der Waals surface area (Å²) < 4.78 is 0.714. The minimum atomic E-state index is 0.605. The maximum absolute atomic E-state index is 5.65. The monoisotopic (exact) mass is 257 g/mol. The summed E-state index contributed by atoms with van der Waals surface area (Å²) in [5, 5.41) is 3.77. The molecule has 1 N–H and O–H groups in total. The van der Waals surface area contributed by atoms with Gasteiger partial charge >= 0.3 is 0 Å². The van der Waals surface area contributed by atoms with E-state index in [0.29, 0.717) is 15.1 Å². The van der Waals surface area contributed by atoms with Gasteiger partial charge in [0.05, 0.1) is 0 Å². The van der Waals surface area contributed by atoms with Crippen molar-refractivity contribution in [2.24, 2.45) is 0 Å². The van der Waals surface area contributed by atoms with Crippen molar-refractivity contribution < 1.29 is 0 Å². The summed E-state index contributed by atoms with van der Waals surface area (Å²) in [4.78, 5) is 0. The van der Waals surface area contributed by atoms with E-state index in [1.807, 2.05) is 31.2 Å². The highest BCUT2D eigenvalue weighted by molar-refractivity contribution is 8.23. The zero-order valence-electron chi connectivity index (χ0n) is 8.42. The van der Waals surface area contributed by atoms with E-state index in [2.05, 4.69) is 11.9 Å². The van der Waals surface area contributed by atoms with E-state index in [0.717, 1.165) is 5.69 Å². The van der Waals surface area contributed by atoms with Crippen molar-refractivity contribution in [3.05, 3.63) is 41.4 Å². The smallest absolute Gasteiger partial charge is 0.138 e. The van der Waals surface area contributed by atoms with E-state index < -0.39 is 0 Å². The van der Waals surface area contributed by atoms with Crippen LogP contribution in [-0.2, 0) is 0 Å². The van der Waals surface area contributed by atoms with E-state index in [1.54, 1.807) is 0 Å². The average molecular weight is 258 g/mol. The standard InChI is InChI=1S/C11H12ClNS2/c1-8-5-3-4-6-10(8)13-11(14)15-7-9(2)12/h3-6H,2,7H2,1H3,(H,13,14). The summed E-state index contributed by atoms with van der Waals surface area (Å²) >= 11 is 12.3. The fraction of sp³-hybridized carbons (Fsp3) is 0.182. The van der Waals surface area contributed by atoms with Gasteiger partial charge in [0, 0.05) is 16.5 Å². The molecule has 0 amide bonds. The molecule has 0 radical (unpaired) electrons. The van der Waals surface area contributed by atoms with Crippen molar-refractivity contribution in [2.45, 2.75) is 6.92 Å². The molecule has 0 saturated heterocycles. The van der Waals surface area contributed by atoms with Gasteiger partial charge in [-0.1, -0.05) is 60.4 Å². The lowest BCUT2D eigenvalue weighted by Crippen LogP contribution is -2.06. The average Bonchev–Trinajstić information content (AvgIpc) is 2.18. The predicted molar refractivity (Wildman–Crippen MR) is 74.9 cm³/mol. The Balaban J connectivity index is 2.52. The van der Waals surface area contributed by atoms with E-state index >= 15 is 0 Å². The summed E-state index contributed by atoms with van der Waals surface area (Å²) in [5.74, 6) is 0.638. The third kappa shape index (κ3) is 4.69. The van der Waals surface area contributed by atoms with Crippen molar-refractivity contribution in [2.75, 3.05) is 11.1 Å². The zero-order chi connectivity index (χ0) is 11.3. The van der Waals surface area contributed by atoms with Crippen LogP contribution in [0.3, 0.4) is 0 Å². The lowest BCUT2D eigenvalue weighted by Gasteiger charge is -2.09. The molecule has 0 fully saturated rings. The zero-order valence-corrected chi connectivity index (χ0v) is 10.8.